The summed E-state index contributed by atoms with van der Waals surface area (Å²) in [7, 11) is 0. The van der Waals surface area contributed by atoms with Gasteiger partial charge in [0.05, 0.1) is 5.52 Å². The molecule has 2 fully saturated rings. The van der Waals surface area contributed by atoms with Crippen molar-refractivity contribution in [1.29, 1.82) is 0 Å². The highest BCUT2D eigenvalue weighted by atomic mass is 15.1. The van der Waals surface area contributed by atoms with Crippen molar-refractivity contribution in [1.82, 2.24) is 9.88 Å². The minimum absolute atomic E-state index is 0.946. The molecule has 2 aromatic rings. The van der Waals surface area contributed by atoms with Crippen molar-refractivity contribution in [3.8, 4) is 0 Å². The lowest BCUT2D eigenvalue weighted by molar-refractivity contribution is 0.155. The summed E-state index contributed by atoms with van der Waals surface area (Å²) in [6.45, 7) is 6.48. The molecule has 1 aromatic heterocycles. The van der Waals surface area contributed by atoms with Gasteiger partial charge in [0.15, 0.2) is 0 Å². The number of aryl methyl sites for hydroxylation is 1. The molecule has 0 radical (unpaired) electrons. The molecule has 4 rings (SSSR count). The highest BCUT2D eigenvalue weighted by Crippen LogP contribution is 2.32. The molecule has 2 heterocycles. The van der Waals surface area contributed by atoms with Gasteiger partial charge in [0.2, 0.25) is 0 Å². The Labute approximate surface area is 159 Å². The standard InChI is InChI=1S/C24H34N2/c1-19-9-10-22(15-19)18-26-13-11-20(12-14-26)5-4-6-21-16-23-7-2-3-8-24(23)25-17-21/h2-3,7-8,16-17,19-20,22H,4-6,9-15,18H2,1H3. The van der Waals surface area contributed by atoms with Crippen molar-refractivity contribution in [2.75, 3.05) is 19.6 Å². The van der Waals surface area contributed by atoms with Gasteiger partial charge in [0.25, 0.3) is 0 Å². The third-order valence-electron chi connectivity index (χ3n) is 6.75. The van der Waals surface area contributed by atoms with Crippen LogP contribution in [0.1, 0.15) is 57.4 Å². The summed E-state index contributed by atoms with van der Waals surface area (Å²) in [5, 5.41) is 1.28. The lowest BCUT2D eigenvalue weighted by atomic mass is 9.90. The van der Waals surface area contributed by atoms with Gasteiger partial charge in [0.1, 0.15) is 0 Å². The molecule has 2 heteroatoms. The van der Waals surface area contributed by atoms with Gasteiger partial charge in [0, 0.05) is 18.1 Å². The maximum atomic E-state index is 4.60. The van der Waals surface area contributed by atoms with Gasteiger partial charge < -0.3 is 4.90 Å². The SMILES string of the molecule is CC1CCC(CN2CCC(CCCc3cnc4ccccc4c3)CC2)C1. The van der Waals surface area contributed by atoms with Gasteiger partial charge in [-0.3, -0.25) is 4.98 Å². The molecular weight excluding hydrogens is 316 g/mol. The van der Waals surface area contributed by atoms with Gasteiger partial charge in [-0.2, -0.15) is 0 Å². The zero-order valence-electron chi connectivity index (χ0n) is 16.4. The van der Waals surface area contributed by atoms with E-state index in [0.717, 1.165) is 23.3 Å². The maximum absolute atomic E-state index is 4.60. The summed E-state index contributed by atoms with van der Waals surface area (Å²) < 4.78 is 0. The first-order valence-electron chi connectivity index (χ1n) is 10.8. The highest BCUT2D eigenvalue weighted by molar-refractivity contribution is 5.78. The monoisotopic (exact) mass is 350 g/mol. The number of likely N-dealkylation sites (tertiary alicyclic amines) is 1. The normalized spacial score (nSPS) is 25.1. The van der Waals surface area contributed by atoms with E-state index in [1.165, 1.54) is 82.0 Å². The lowest BCUT2D eigenvalue weighted by Crippen LogP contribution is -2.36. The highest BCUT2D eigenvalue weighted by Gasteiger charge is 2.25. The Kier molecular flexibility index (Phi) is 5.89. The summed E-state index contributed by atoms with van der Waals surface area (Å²) in [5.41, 5.74) is 2.51. The van der Waals surface area contributed by atoms with E-state index >= 15 is 0 Å². The van der Waals surface area contributed by atoms with E-state index in [1.54, 1.807) is 0 Å². The van der Waals surface area contributed by atoms with Crippen LogP contribution in [0.4, 0.5) is 0 Å². The molecule has 0 bridgehead atoms. The first kappa shape index (κ1) is 18.0. The van der Waals surface area contributed by atoms with Crippen molar-refractivity contribution in [2.24, 2.45) is 17.8 Å². The van der Waals surface area contributed by atoms with Crippen LogP contribution in [-0.2, 0) is 6.42 Å². The van der Waals surface area contributed by atoms with Crippen LogP contribution >= 0.6 is 0 Å². The Morgan fingerprint density at radius 1 is 1.04 bits per heavy atom. The summed E-state index contributed by atoms with van der Waals surface area (Å²) in [5.74, 6) is 2.91. The zero-order chi connectivity index (χ0) is 17.8. The van der Waals surface area contributed by atoms with E-state index in [4.69, 9.17) is 0 Å². The summed E-state index contributed by atoms with van der Waals surface area (Å²) in [6.07, 6.45) is 13.2. The summed E-state index contributed by atoms with van der Waals surface area (Å²) in [6, 6.07) is 10.8. The van der Waals surface area contributed by atoms with Crippen LogP contribution in [0.3, 0.4) is 0 Å². The van der Waals surface area contributed by atoms with E-state index in [-0.39, 0.29) is 0 Å². The number of piperidine rings is 1. The van der Waals surface area contributed by atoms with E-state index in [1.807, 2.05) is 0 Å². The molecule has 2 unspecified atom stereocenters. The Morgan fingerprint density at radius 3 is 2.69 bits per heavy atom. The van der Waals surface area contributed by atoms with Gasteiger partial charge in [-0.25, -0.2) is 0 Å². The fourth-order valence-electron chi connectivity index (χ4n) is 5.16. The van der Waals surface area contributed by atoms with E-state index in [2.05, 4.69) is 53.3 Å². The molecule has 1 aromatic carbocycles. The molecule has 26 heavy (non-hydrogen) atoms. The Hall–Kier alpha value is -1.41. The molecule has 0 N–H and O–H groups in total. The molecule has 140 valence electrons. The first-order valence-corrected chi connectivity index (χ1v) is 10.8. The molecule has 1 aliphatic heterocycles. The molecule has 2 atom stereocenters. The Balaban J connectivity index is 1.17. The average molecular weight is 351 g/mol. The number of aromatic nitrogens is 1. The second-order valence-electron chi connectivity index (χ2n) is 8.96. The van der Waals surface area contributed by atoms with Crippen LogP contribution in [0.2, 0.25) is 0 Å². The third-order valence-corrected chi connectivity index (χ3v) is 6.75. The number of benzene rings is 1. The van der Waals surface area contributed by atoms with E-state index in [9.17, 15) is 0 Å². The minimum atomic E-state index is 0.946. The zero-order valence-corrected chi connectivity index (χ0v) is 16.4. The number of para-hydroxylation sites is 1. The molecule has 1 saturated heterocycles. The number of fused-ring (bicyclic) bond motifs is 1. The number of hydrogen-bond donors (Lipinski definition) is 0. The van der Waals surface area contributed by atoms with E-state index in [0.29, 0.717) is 0 Å². The van der Waals surface area contributed by atoms with Gasteiger partial charge in [-0.1, -0.05) is 38.0 Å². The molecule has 0 spiro atoms. The lowest BCUT2D eigenvalue weighted by Gasteiger charge is -2.33. The van der Waals surface area contributed by atoms with Gasteiger partial charge in [-0.05, 0) is 87.1 Å². The molecule has 1 aliphatic carbocycles. The molecule has 2 aliphatic rings. The van der Waals surface area contributed by atoms with Crippen LogP contribution < -0.4 is 0 Å². The van der Waals surface area contributed by atoms with Crippen LogP contribution in [-0.4, -0.2) is 29.5 Å². The minimum Gasteiger partial charge on any atom is -0.303 e. The van der Waals surface area contributed by atoms with Crippen LogP contribution in [0.25, 0.3) is 10.9 Å². The first-order chi connectivity index (χ1) is 12.8. The van der Waals surface area contributed by atoms with Gasteiger partial charge >= 0.3 is 0 Å². The third kappa shape index (κ3) is 4.65. The van der Waals surface area contributed by atoms with Crippen molar-refractivity contribution in [2.45, 2.75) is 58.3 Å². The van der Waals surface area contributed by atoms with E-state index < -0.39 is 0 Å². The molecule has 0 amide bonds. The molecule has 2 nitrogen and oxygen atoms in total. The Morgan fingerprint density at radius 2 is 1.88 bits per heavy atom. The Bertz CT molecular complexity index is 702. The molecule has 1 saturated carbocycles. The smallest absolute Gasteiger partial charge is 0.0702 e. The average Bonchev–Trinajstić information content (AvgIpc) is 3.08. The van der Waals surface area contributed by atoms with Gasteiger partial charge in [-0.15, -0.1) is 0 Å². The largest absolute Gasteiger partial charge is 0.303 e. The second kappa shape index (κ2) is 8.52. The van der Waals surface area contributed by atoms with Crippen molar-refractivity contribution >= 4 is 10.9 Å². The second-order valence-corrected chi connectivity index (χ2v) is 8.96. The maximum Gasteiger partial charge on any atom is 0.0702 e. The topological polar surface area (TPSA) is 16.1 Å². The van der Waals surface area contributed by atoms with Crippen molar-refractivity contribution in [3.63, 3.8) is 0 Å². The molecular formula is C24H34N2. The number of hydrogen-bond acceptors (Lipinski definition) is 2. The fraction of sp³-hybridized carbons (Fsp3) is 0.625. The van der Waals surface area contributed by atoms with Crippen LogP contribution in [0.15, 0.2) is 36.5 Å². The predicted molar refractivity (Wildman–Crippen MR) is 110 cm³/mol. The van der Waals surface area contributed by atoms with Crippen molar-refractivity contribution < 1.29 is 0 Å². The summed E-state index contributed by atoms with van der Waals surface area (Å²) in [4.78, 5) is 7.36. The van der Waals surface area contributed by atoms with Crippen LogP contribution in [0, 0.1) is 17.8 Å². The van der Waals surface area contributed by atoms with Crippen molar-refractivity contribution in [3.05, 3.63) is 42.1 Å². The number of pyridine rings is 1. The number of nitrogens with zero attached hydrogens (tertiary/aromatic N) is 2. The quantitative estimate of drug-likeness (QED) is 0.664. The van der Waals surface area contributed by atoms with Crippen LogP contribution in [0.5, 0.6) is 0 Å². The number of rotatable bonds is 6. The summed E-state index contributed by atoms with van der Waals surface area (Å²) >= 11 is 0. The fourth-order valence-corrected chi connectivity index (χ4v) is 5.16. The predicted octanol–water partition coefficient (Wildman–Crippen LogP) is 5.71.